The average molecular weight is 406 g/mol. The Morgan fingerprint density at radius 3 is 2.71 bits per heavy atom. The Morgan fingerprint density at radius 1 is 1.25 bits per heavy atom. The lowest BCUT2D eigenvalue weighted by Gasteiger charge is -2.35. The molecule has 0 spiro atoms. The van der Waals surface area contributed by atoms with Gasteiger partial charge in [0.15, 0.2) is 0 Å². The van der Waals surface area contributed by atoms with Crippen molar-refractivity contribution in [1.29, 1.82) is 0 Å². The first-order valence-corrected chi connectivity index (χ1v) is 11.5. The fourth-order valence-corrected chi connectivity index (χ4v) is 5.38. The summed E-state index contributed by atoms with van der Waals surface area (Å²) in [4.78, 5) is 12.8. The van der Waals surface area contributed by atoms with Crippen LogP contribution in [0.5, 0.6) is 0 Å². The van der Waals surface area contributed by atoms with Gasteiger partial charge >= 0.3 is 0 Å². The molecule has 0 aromatic heterocycles. The van der Waals surface area contributed by atoms with Crippen molar-refractivity contribution < 1.29 is 13.2 Å². The molecular formula is C21H31N3O3S. The molecule has 0 saturated heterocycles. The smallest absolute Gasteiger partial charge is 0.286 e. The highest BCUT2D eigenvalue weighted by Gasteiger charge is 2.32. The minimum Gasteiger partial charge on any atom is -0.353 e. The topological polar surface area (TPSA) is 87.6 Å². The number of anilines is 1. The Labute approximate surface area is 168 Å². The van der Waals surface area contributed by atoms with Crippen molar-refractivity contribution in [3.05, 3.63) is 24.3 Å². The summed E-state index contributed by atoms with van der Waals surface area (Å²) >= 11 is 0. The van der Waals surface area contributed by atoms with Crippen molar-refractivity contribution in [1.82, 2.24) is 5.32 Å². The zero-order valence-corrected chi connectivity index (χ0v) is 18.0. The lowest BCUT2D eigenvalue weighted by Crippen LogP contribution is -2.45. The van der Waals surface area contributed by atoms with Crippen molar-refractivity contribution in [2.24, 2.45) is 21.6 Å². The number of rotatable bonds is 5. The second-order valence-corrected chi connectivity index (χ2v) is 10.7. The van der Waals surface area contributed by atoms with Gasteiger partial charge in [-0.15, -0.1) is 4.40 Å². The molecule has 0 bridgehead atoms. The van der Waals surface area contributed by atoms with E-state index in [9.17, 15) is 13.2 Å². The number of carbonyl (C=O) groups is 1. The standard InChI is InChI=1S/C21H31N3O3S/c1-14-8-7-10-16(15(14)2)23-20(25)13-21(3,4)12-19-22-17-9-5-6-11-18(17)28(26,27)24-19/h5-6,9,11,14-16H,7-8,10,12-13H2,1-4H3,(H,22,24)(H,23,25)/t14-,15-,16+/m1/s1. The molecule has 1 saturated carbocycles. The number of amides is 1. The van der Waals surface area contributed by atoms with E-state index in [1.165, 1.54) is 6.42 Å². The monoisotopic (exact) mass is 405 g/mol. The Morgan fingerprint density at radius 2 is 1.96 bits per heavy atom. The SMILES string of the molecule is C[C@@H]1[C@H](C)CCC[C@@H]1NC(=O)CC(C)(C)CC1=NS(=O)(=O)c2ccccc2N1. The molecule has 0 radical (unpaired) electrons. The zero-order chi connectivity index (χ0) is 20.5. The molecule has 1 heterocycles. The first kappa shape index (κ1) is 20.8. The molecule has 2 aliphatic rings. The van der Waals surface area contributed by atoms with E-state index in [-0.39, 0.29) is 16.8 Å². The van der Waals surface area contributed by atoms with Crippen LogP contribution >= 0.6 is 0 Å². The maximum Gasteiger partial charge on any atom is 0.286 e. The summed E-state index contributed by atoms with van der Waals surface area (Å²) in [5.41, 5.74) is 0.124. The van der Waals surface area contributed by atoms with E-state index in [0.29, 0.717) is 36.2 Å². The molecule has 2 N–H and O–H groups in total. The molecular weight excluding hydrogens is 374 g/mol. The van der Waals surface area contributed by atoms with Gasteiger partial charge in [0.05, 0.1) is 5.69 Å². The Balaban J connectivity index is 1.64. The number of carbonyl (C=O) groups excluding carboxylic acids is 1. The second kappa shape index (κ2) is 7.85. The highest BCUT2D eigenvalue weighted by atomic mass is 32.2. The van der Waals surface area contributed by atoms with Crippen molar-refractivity contribution in [3.63, 3.8) is 0 Å². The highest BCUT2D eigenvalue weighted by Crippen LogP contribution is 2.33. The summed E-state index contributed by atoms with van der Waals surface area (Å²) in [6, 6.07) is 6.97. The number of sulfonamides is 1. The van der Waals surface area contributed by atoms with E-state index in [2.05, 4.69) is 28.9 Å². The van der Waals surface area contributed by atoms with Gasteiger partial charge in [0, 0.05) is 18.9 Å². The molecule has 1 fully saturated rings. The van der Waals surface area contributed by atoms with Crippen LogP contribution in [0.3, 0.4) is 0 Å². The third kappa shape index (κ3) is 4.74. The van der Waals surface area contributed by atoms with Gasteiger partial charge in [-0.25, -0.2) is 0 Å². The average Bonchev–Trinajstić information content (AvgIpc) is 2.57. The van der Waals surface area contributed by atoms with Gasteiger partial charge < -0.3 is 10.6 Å². The van der Waals surface area contributed by atoms with Crippen LogP contribution in [-0.4, -0.2) is 26.2 Å². The molecule has 28 heavy (non-hydrogen) atoms. The van der Waals surface area contributed by atoms with E-state index in [4.69, 9.17) is 0 Å². The molecule has 1 aromatic carbocycles. The second-order valence-electron chi connectivity index (χ2n) is 9.09. The van der Waals surface area contributed by atoms with Crippen molar-refractivity contribution in [2.45, 2.75) is 70.7 Å². The lowest BCUT2D eigenvalue weighted by atomic mass is 9.77. The normalized spacial score (nSPS) is 26.6. The third-order valence-electron chi connectivity index (χ3n) is 6.01. The van der Waals surface area contributed by atoms with Crippen LogP contribution in [-0.2, 0) is 14.8 Å². The number of nitrogens with one attached hydrogen (secondary N) is 2. The number of benzene rings is 1. The number of hydrogen-bond acceptors (Lipinski definition) is 4. The van der Waals surface area contributed by atoms with E-state index >= 15 is 0 Å². The van der Waals surface area contributed by atoms with Gasteiger partial charge in [-0.1, -0.05) is 52.7 Å². The van der Waals surface area contributed by atoms with E-state index in [1.54, 1.807) is 24.3 Å². The van der Waals surface area contributed by atoms with Gasteiger partial charge in [0.25, 0.3) is 10.0 Å². The van der Waals surface area contributed by atoms with Gasteiger partial charge in [0.1, 0.15) is 10.7 Å². The fourth-order valence-electron chi connectivity index (χ4n) is 4.24. The fraction of sp³-hybridized carbons (Fsp3) is 0.619. The predicted molar refractivity (Wildman–Crippen MR) is 112 cm³/mol. The summed E-state index contributed by atoms with van der Waals surface area (Å²) in [7, 11) is -3.70. The lowest BCUT2D eigenvalue weighted by molar-refractivity contribution is -0.124. The van der Waals surface area contributed by atoms with Crippen LogP contribution < -0.4 is 10.6 Å². The third-order valence-corrected chi connectivity index (χ3v) is 7.39. The van der Waals surface area contributed by atoms with Gasteiger partial charge in [0.2, 0.25) is 5.91 Å². The number of amidine groups is 1. The molecule has 1 aliphatic heterocycles. The first-order valence-electron chi connectivity index (χ1n) is 10.1. The van der Waals surface area contributed by atoms with Crippen LogP contribution in [0.4, 0.5) is 5.69 Å². The molecule has 0 unspecified atom stereocenters. The van der Waals surface area contributed by atoms with Crippen LogP contribution in [0, 0.1) is 17.3 Å². The molecule has 154 valence electrons. The van der Waals surface area contributed by atoms with Crippen LogP contribution in [0.25, 0.3) is 0 Å². The molecule has 6 nitrogen and oxygen atoms in total. The molecule has 7 heteroatoms. The molecule has 1 aromatic rings. The van der Waals surface area contributed by atoms with Crippen molar-refractivity contribution in [3.8, 4) is 0 Å². The minimum absolute atomic E-state index is 0.0237. The van der Waals surface area contributed by atoms with Crippen molar-refractivity contribution >= 4 is 27.5 Å². The summed E-state index contributed by atoms with van der Waals surface area (Å²) in [6.45, 7) is 8.40. The van der Waals surface area contributed by atoms with E-state index < -0.39 is 15.4 Å². The van der Waals surface area contributed by atoms with Crippen LogP contribution in [0.2, 0.25) is 0 Å². The number of para-hydroxylation sites is 1. The van der Waals surface area contributed by atoms with Gasteiger partial charge in [-0.3, -0.25) is 4.79 Å². The maximum absolute atomic E-state index is 12.7. The van der Waals surface area contributed by atoms with E-state index in [1.807, 2.05) is 13.8 Å². The molecule has 3 rings (SSSR count). The Bertz CT molecular complexity index is 877. The predicted octanol–water partition coefficient (Wildman–Crippen LogP) is 3.95. The number of fused-ring (bicyclic) bond motifs is 1. The zero-order valence-electron chi connectivity index (χ0n) is 17.2. The highest BCUT2D eigenvalue weighted by molar-refractivity contribution is 7.90. The summed E-state index contributed by atoms with van der Waals surface area (Å²) in [6.07, 6.45) is 4.11. The van der Waals surface area contributed by atoms with Gasteiger partial charge in [-0.2, -0.15) is 8.42 Å². The first-order chi connectivity index (χ1) is 13.1. The summed E-state index contributed by atoms with van der Waals surface area (Å²) in [5.74, 6) is 1.51. The Kier molecular flexibility index (Phi) is 5.84. The van der Waals surface area contributed by atoms with Crippen LogP contribution in [0.15, 0.2) is 33.6 Å². The quantitative estimate of drug-likeness (QED) is 0.776. The van der Waals surface area contributed by atoms with Crippen LogP contribution in [0.1, 0.15) is 59.8 Å². The van der Waals surface area contributed by atoms with Crippen molar-refractivity contribution in [2.75, 3.05) is 5.32 Å². The number of hydrogen-bond donors (Lipinski definition) is 2. The largest absolute Gasteiger partial charge is 0.353 e. The van der Waals surface area contributed by atoms with E-state index in [0.717, 1.165) is 12.8 Å². The minimum atomic E-state index is -3.70. The maximum atomic E-state index is 12.7. The molecule has 1 aliphatic carbocycles. The Hall–Kier alpha value is -1.89. The number of nitrogens with zero attached hydrogens (tertiary/aromatic N) is 1. The van der Waals surface area contributed by atoms with Gasteiger partial charge in [-0.05, 0) is 35.8 Å². The summed E-state index contributed by atoms with van der Waals surface area (Å²) in [5, 5.41) is 6.32. The molecule has 3 atom stereocenters. The summed E-state index contributed by atoms with van der Waals surface area (Å²) < 4.78 is 28.8. The molecule has 1 amide bonds.